The zero-order valence-electron chi connectivity index (χ0n) is 16.0. The predicted octanol–water partition coefficient (Wildman–Crippen LogP) is 3.01. The molecule has 0 saturated carbocycles. The van der Waals surface area contributed by atoms with Crippen LogP contribution in [0.25, 0.3) is 0 Å². The van der Waals surface area contributed by atoms with E-state index in [1.807, 2.05) is 20.8 Å². The molecular weight excluding hydrogens is 362 g/mol. The highest BCUT2D eigenvalue weighted by molar-refractivity contribution is 7.89. The topological polar surface area (TPSA) is 70.6 Å². The number of hydrogen-bond donors (Lipinski definition) is 0. The van der Waals surface area contributed by atoms with Crippen LogP contribution < -0.4 is 4.90 Å². The van der Waals surface area contributed by atoms with Gasteiger partial charge in [0.1, 0.15) is 0 Å². The highest BCUT2D eigenvalue weighted by Crippen LogP contribution is 2.31. The number of carbonyl (C=O) groups excluding carboxylic acids is 1. The number of nitrogens with zero attached hydrogens (tertiary/aromatic N) is 3. The van der Waals surface area contributed by atoms with Gasteiger partial charge in [-0.3, -0.25) is 9.78 Å². The van der Waals surface area contributed by atoms with Crippen LogP contribution in [0.4, 0.5) is 5.69 Å². The van der Waals surface area contributed by atoms with Crippen LogP contribution in [0.5, 0.6) is 0 Å². The Bertz CT molecular complexity index is 953. The molecule has 7 heteroatoms. The molecule has 6 nitrogen and oxygen atoms in total. The molecule has 1 aromatic carbocycles. The number of carbonyl (C=O) groups is 1. The summed E-state index contributed by atoms with van der Waals surface area (Å²) in [5.41, 5.74) is 2.94. The standard InChI is InChI=1S/C20H25N3O3S/c1-4-22(5-2)27(25,26)17-10-11-19-16(14-17)8-7-13-23(19)20(24)18-9-6-12-21-15(18)3/h6,9-12,14H,4-5,7-8,13H2,1-3H3. The molecule has 27 heavy (non-hydrogen) atoms. The summed E-state index contributed by atoms with van der Waals surface area (Å²) in [6, 6.07) is 8.62. The van der Waals surface area contributed by atoms with Crippen molar-refractivity contribution in [3.63, 3.8) is 0 Å². The Labute approximate surface area is 160 Å². The Morgan fingerprint density at radius 3 is 2.63 bits per heavy atom. The molecule has 144 valence electrons. The average molecular weight is 388 g/mol. The number of amides is 1. The number of aromatic nitrogens is 1. The number of rotatable bonds is 5. The van der Waals surface area contributed by atoms with E-state index in [1.54, 1.807) is 41.4 Å². The normalized spacial score (nSPS) is 14.3. The van der Waals surface area contributed by atoms with E-state index in [9.17, 15) is 13.2 Å². The lowest BCUT2D eigenvalue weighted by Crippen LogP contribution is -2.36. The van der Waals surface area contributed by atoms with Gasteiger partial charge in [-0.1, -0.05) is 13.8 Å². The Morgan fingerprint density at radius 2 is 1.96 bits per heavy atom. The van der Waals surface area contributed by atoms with E-state index in [1.165, 1.54) is 4.31 Å². The number of fused-ring (bicyclic) bond motifs is 1. The third-order valence-electron chi connectivity index (χ3n) is 5.00. The molecule has 1 amide bonds. The second kappa shape index (κ2) is 7.78. The largest absolute Gasteiger partial charge is 0.308 e. The average Bonchev–Trinajstić information content (AvgIpc) is 2.67. The van der Waals surface area contributed by atoms with E-state index in [0.29, 0.717) is 30.9 Å². The van der Waals surface area contributed by atoms with Crippen LogP contribution in [0.3, 0.4) is 0 Å². The molecule has 0 N–H and O–H groups in total. The zero-order valence-corrected chi connectivity index (χ0v) is 16.8. The fourth-order valence-electron chi connectivity index (χ4n) is 3.51. The smallest absolute Gasteiger partial charge is 0.260 e. The van der Waals surface area contributed by atoms with Crippen molar-refractivity contribution in [3.05, 3.63) is 53.3 Å². The van der Waals surface area contributed by atoms with Gasteiger partial charge in [-0.25, -0.2) is 8.42 Å². The summed E-state index contributed by atoms with van der Waals surface area (Å²) in [5.74, 6) is -0.0964. The first-order chi connectivity index (χ1) is 12.9. The SMILES string of the molecule is CCN(CC)S(=O)(=O)c1ccc2c(c1)CCCN2C(=O)c1cccnc1C. The highest BCUT2D eigenvalue weighted by Gasteiger charge is 2.28. The van der Waals surface area contributed by atoms with Gasteiger partial charge in [0.2, 0.25) is 10.0 Å². The van der Waals surface area contributed by atoms with Gasteiger partial charge < -0.3 is 4.90 Å². The van der Waals surface area contributed by atoms with Crippen molar-refractivity contribution in [2.75, 3.05) is 24.5 Å². The summed E-state index contributed by atoms with van der Waals surface area (Å²) < 4.78 is 27.0. The van der Waals surface area contributed by atoms with Gasteiger partial charge in [-0.15, -0.1) is 0 Å². The molecule has 0 bridgehead atoms. The van der Waals surface area contributed by atoms with E-state index in [0.717, 1.165) is 24.1 Å². The number of aryl methyl sites for hydroxylation is 2. The maximum Gasteiger partial charge on any atom is 0.260 e. The summed E-state index contributed by atoms with van der Waals surface area (Å²) in [5, 5.41) is 0. The summed E-state index contributed by atoms with van der Waals surface area (Å²) >= 11 is 0. The van der Waals surface area contributed by atoms with Gasteiger partial charge >= 0.3 is 0 Å². The maximum atomic E-state index is 13.0. The van der Waals surface area contributed by atoms with Crippen LogP contribution in [0.1, 0.15) is 41.9 Å². The fraction of sp³-hybridized carbons (Fsp3) is 0.400. The van der Waals surface area contributed by atoms with E-state index in [2.05, 4.69) is 4.98 Å². The lowest BCUT2D eigenvalue weighted by Gasteiger charge is -2.30. The molecule has 2 heterocycles. The van der Waals surface area contributed by atoms with E-state index in [4.69, 9.17) is 0 Å². The number of benzene rings is 1. The highest BCUT2D eigenvalue weighted by atomic mass is 32.2. The number of anilines is 1. The van der Waals surface area contributed by atoms with Crippen molar-refractivity contribution in [2.24, 2.45) is 0 Å². The second-order valence-corrected chi connectivity index (χ2v) is 8.51. The zero-order chi connectivity index (χ0) is 19.6. The van der Waals surface area contributed by atoms with E-state index >= 15 is 0 Å². The third-order valence-corrected chi connectivity index (χ3v) is 7.04. The Balaban J connectivity index is 1.99. The molecule has 1 aromatic heterocycles. The Hall–Kier alpha value is -2.25. The number of sulfonamides is 1. The van der Waals surface area contributed by atoms with Gasteiger partial charge in [-0.2, -0.15) is 4.31 Å². The van der Waals surface area contributed by atoms with Crippen molar-refractivity contribution < 1.29 is 13.2 Å². The maximum absolute atomic E-state index is 13.0. The van der Waals surface area contributed by atoms with Crippen LogP contribution in [-0.4, -0.2) is 43.2 Å². The third kappa shape index (κ3) is 3.61. The lowest BCUT2D eigenvalue weighted by molar-refractivity contribution is 0.0984. The molecule has 0 spiro atoms. The minimum atomic E-state index is -3.51. The molecule has 0 radical (unpaired) electrons. The van der Waals surface area contributed by atoms with Crippen LogP contribution in [0.2, 0.25) is 0 Å². The van der Waals surface area contributed by atoms with Crippen LogP contribution >= 0.6 is 0 Å². The second-order valence-electron chi connectivity index (χ2n) is 6.58. The molecule has 0 saturated heterocycles. The van der Waals surface area contributed by atoms with Crippen LogP contribution in [0, 0.1) is 6.92 Å². The van der Waals surface area contributed by atoms with Crippen molar-refractivity contribution in [2.45, 2.75) is 38.5 Å². The molecule has 0 fully saturated rings. The molecule has 0 aliphatic carbocycles. The Kier molecular flexibility index (Phi) is 5.62. The molecule has 2 aromatic rings. The van der Waals surface area contributed by atoms with Gasteiger partial charge in [0, 0.05) is 37.2 Å². The van der Waals surface area contributed by atoms with Gasteiger partial charge in [-0.05, 0) is 55.7 Å². The van der Waals surface area contributed by atoms with Crippen LogP contribution in [0.15, 0.2) is 41.4 Å². The minimum Gasteiger partial charge on any atom is -0.308 e. The monoisotopic (exact) mass is 387 g/mol. The van der Waals surface area contributed by atoms with Crippen LogP contribution in [-0.2, 0) is 16.4 Å². The first-order valence-corrected chi connectivity index (χ1v) is 10.7. The number of hydrogen-bond acceptors (Lipinski definition) is 4. The van der Waals surface area contributed by atoms with Crippen molar-refractivity contribution in [1.29, 1.82) is 0 Å². The molecule has 3 rings (SSSR count). The quantitative estimate of drug-likeness (QED) is 0.791. The van der Waals surface area contributed by atoms with Gasteiger partial charge in [0.25, 0.3) is 5.91 Å². The molecule has 0 unspecified atom stereocenters. The van der Waals surface area contributed by atoms with E-state index in [-0.39, 0.29) is 10.8 Å². The van der Waals surface area contributed by atoms with Crippen molar-refractivity contribution in [1.82, 2.24) is 9.29 Å². The summed E-state index contributed by atoms with van der Waals surface area (Å²) in [6.45, 7) is 6.95. The van der Waals surface area contributed by atoms with E-state index < -0.39 is 10.0 Å². The first kappa shape index (κ1) is 19.5. The fourth-order valence-corrected chi connectivity index (χ4v) is 5.02. The predicted molar refractivity (Wildman–Crippen MR) is 106 cm³/mol. The van der Waals surface area contributed by atoms with Gasteiger partial charge in [0.05, 0.1) is 10.5 Å². The first-order valence-electron chi connectivity index (χ1n) is 9.26. The summed E-state index contributed by atoms with van der Waals surface area (Å²) in [4.78, 5) is 19.3. The molecule has 1 aliphatic rings. The molecular formula is C20H25N3O3S. The van der Waals surface area contributed by atoms with Crippen molar-refractivity contribution >= 4 is 21.6 Å². The van der Waals surface area contributed by atoms with Gasteiger partial charge in [0.15, 0.2) is 0 Å². The number of pyridine rings is 1. The summed E-state index contributed by atoms with van der Waals surface area (Å²) in [7, 11) is -3.51. The summed E-state index contributed by atoms with van der Waals surface area (Å²) in [6.07, 6.45) is 3.22. The lowest BCUT2D eigenvalue weighted by atomic mass is 10.0. The molecule has 0 atom stereocenters. The Morgan fingerprint density at radius 1 is 1.22 bits per heavy atom. The molecule has 1 aliphatic heterocycles. The minimum absolute atomic E-state index is 0.0964. The van der Waals surface area contributed by atoms with Crippen molar-refractivity contribution in [3.8, 4) is 0 Å².